The monoisotopic (exact) mass is 431 g/mol. The van der Waals surface area contributed by atoms with Crippen LogP contribution in [0, 0.1) is 0 Å². The van der Waals surface area contributed by atoms with E-state index < -0.39 is 53.5 Å². The lowest BCUT2D eigenvalue weighted by Gasteiger charge is -2.73. The summed E-state index contributed by atoms with van der Waals surface area (Å²) in [6.45, 7) is 5.38. The number of fused-ring (bicyclic) bond motifs is 1. The number of hydrogen-bond donors (Lipinski definition) is 1. The SMILES string of the molecule is COCCCCO[C@@H]1OC2(COC(C)=O)[C@H](OC(C)=O)C(OC(C)=O)C12NC(C)=O. The average molecular weight is 431 g/mol. The van der Waals surface area contributed by atoms with Crippen LogP contribution in [0.4, 0.5) is 0 Å². The molecular formula is C19H29NO10. The molecule has 1 saturated heterocycles. The second-order valence-corrected chi connectivity index (χ2v) is 7.30. The van der Waals surface area contributed by atoms with Crippen LogP contribution in [0.15, 0.2) is 0 Å². The molecule has 2 rings (SSSR count). The number of rotatable bonds is 11. The Kier molecular flexibility index (Phi) is 7.78. The molecule has 0 bridgehead atoms. The minimum atomic E-state index is -1.45. The Balaban J connectivity index is 2.32. The van der Waals surface area contributed by atoms with Gasteiger partial charge in [-0.1, -0.05) is 0 Å². The van der Waals surface area contributed by atoms with E-state index in [1.165, 1.54) is 27.7 Å². The van der Waals surface area contributed by atoms with Gasteiger partial charge in [-0.05, 0) is 12.8 Å². The van der Waals surface area contributed by atoms with Gasteiger partial charge >= 0.3 is 17.9 Å². The second kappa shape index (κ2) is 9.71. The highest BCUT2D eigenvalue weighted by atomic mass is 16.8. The zero-order valence-electron chi connectivity index (χ0n) is 17.9. The van der Waals surface area contributed by atoms with E-state index >= 15 is 0 Å². The molecule has 1 N–H and O–H groups in total. The van der Waals surface area contributed by atoms with Crippen molar-refractivity contribution in [2.24, 2.45) is 0 Å². The molecule has 2 fully saturated rings. The molecule has 11 heteroatoms. The quantitative estimate of drug-likeness (QED) is 0.267. The van der Waals surface area contributed by atoms with Crippen LogP contribution < -0.4 is 5.32 Å². The summed E-state index contributed by atoms with van der Waals surface area (Å²) in [4.78, 5) is 46.9. The third-order valence-electron chi connectivity index (χ3n) is 5.04. The summed E-state index contributed by atoms with van der Waals surface area (Å²) in [5, 5.41) is 2.74. The fourth-order valence-electron chi connectivity index (χ4n) is 3.93. The summed E-state index contributed by atoms with van der Waals surface area (Å²) < 4.78 is 32.5. The maximum Gasteiger partial charge on any atom is 0.303 e. The number of ether oxygens (including phenoxy) is 6. The molecule has 11 nitrogen and oxygen atoms in total. The molecule has 0 aromatic rings. The summed E-state index contributed by atoms with van der Waals surface area (Å²) in [5.74, 6) is -2.33. The lowest BCUT2D eigenvalue weighted by atomic mass is 9.53. The van der Waals surface area contributed by atoms with Crippen molar-refractivity contribution < 1.29 is 47.6 Å². The highest BCUT2D eigenvalue weighted by Crippen LogP contribution is 2.60. The fourth-order valence-corrected chi connectivity index (χ4v) is 3.93. The molecule has 3 unspecified atom stereocenters. The van der Waals surface area contributed by atoms with Crippen LogP contribution in [0.1, 0.15) is 40.5 Å². The molecule has 1 saturated carbocycles. The van der Waals surface area contributed by atoms with E-state index in [9.17, 15) is 19.2 Å². The van der Waals surface area contributed by atoms with Gasteiger partial charge in [0.25, 0.3) is 0 Å². The van der Waals surface area contributed by atoms with Crippen molar-refractivity contribution >= 4 is 23.8 Å². The first-order chi connectivity index (χ1) is 14.1. The van der Waals surface area contributed by atoms with E-state index in [-0.39, 0.29) is 13.2 Å². The molecule has 0 spiro atoms. The maximum atomic E-state index is 12.0. The van der Waals surface area contributed by atoms with Crippen LogP contribution in [0.2, 0.25) is 0 Å². The molecule has 2 aliphatic rings. The van der Waals surface area contributed by atoms with Crippen LogP contribution in [-0.2, 0) is 47.6 Å². The summed E-state index contributed by atoms with van der Waals surface area (Å²) in [5.41, 5.74) is -2.84. The van der Waals surface area contributed by atoms with Crippen molar-refractivity contribution in [3.05, 3.63) is 0 Å². The summed E-state index contributed by atoms with van der Waals surface area (Å²) in [7, 11) is 1.60. The minimum Gasteiger partial charge on any atom is -0.463 e. The fraction of sp³-hybridized carbons (Fsp3) is 0.789. The van der Waals surface area contributed by atoms with Crippen LogP contribution >= 0.6 is 0 Å². The molecule has 0 radical (unpaired) electrons. The van der Waals surface area contributed by atoms with Crippen molar-refractivity contribution in [3.63, 3.8) is 0 Å². The van der Waals surface area contributed by atoms with Crippen molar-refractivity contribution in [1.29, 1.82) is 0 Å². The number of carbonyl (C=O) groups excluding carboxylic acids is 4. The van der Waals surface area contributed by atoms with Gasteiger partial charge in [-0.15, -0.1) is 0 Å². The number of methoxy groups -OCH3 is 1. The average Bonchev–Trinajstić information content (AvgIpc) is 2.63. The molecule has 1 aliphatic heterocycles. The van der Waals surface area contributed by atoms with Gasteiger partial charge in [0.1, 0.15) is 6.61 Å². The van der Waals surface area contributed by atoms with Crippen molar-refractivity contribution in [2.45, 2.75) is 70.2 Å². The molecular weight excluding hydrogens is 402 g/mol. The van der Waals surface area contributed by atoms with Gasteiger partial charge in [0, 0.05) is 48.0 Å². The Morgan fingerprint density at radius 3 is 2.03 bits per heavy atom. The normalized spacial score (nSPS) is 31.4. The second-order valence-electron chi connectivity index (χ2n) is 7.30. The first-order valence-corrected chi connectivity index (χ1v) is 9.65. The minimum absolute atomic E-state index is 0.282. The Morgan fingerprint density at radius 1 is 0.900 bits per heavy atom. The van der Waals surface area contributed by atoms with Crippen molar-refractivity contribution in [2.75, 3.05) is 26.9 Å². The van der Waals surface area contributed by atoms with E-state index in [1.54, 1.807) is 7.11 Å². The molecule has 30 heavy (non-hydrogen) atoms. The zero-order chi connectivity index (χ0) is 22.5. The number of nitrogens with one attached hydrogen (secondary N) is 1. The number of hydrogen-bond acceptors (Lipinski definition) is 10. The highest BCUT2D eigenvalue weighted by molar-refractivity contribution is 5.76. The van der Waals surface area contributed by atoms with Crippen LogP contribution in [0.25, 0.3) is 0 Å². The standard InChI is InChI=1S/C19H29NO10/c1-11(21)20-19-16(29-14(4)24)15(28-13(3)23)18(19,10-27-12(2)22)30-17(19)26-9-7-6-8-25-5/h15-17H,6-10H2,1-5H3,(H,20,21)/t15-,16?,17-,18?,19?/m1/s1. The Labute approximate surface area is 174 Å². The van der Waals surface area contributed by atoms with E-state index in [4.69, 9.17) is 28.4 Å². The first kappa shape index (κ1) is 24.0. The Hall–Kier alpha value is -2.24. The van der Waals surface area contributed by atoms with Crippen molar-refractivity contribution in [3.8, 4) is 0 Å². The van der Waals surface area contributed by atoms with Crippen molar-refractivity contribution in [1.82, 2.24) is 5.32 Å². The zero-order valence-corrected chi connectivity index (χ0v) is 17.9. The molecule has 0 aromatic carbocycles. The van der Waals surface area contributed by atoms with Crippen LogP contribution in [-0.4, -0.2) is 80.4 Å². The number of amides is 1. The lowest BCUT2D eigenvalue weighted by molar-refractivity contribution is -0.473. The Morgan fingerprint density at radius 2 is 1.50 bits per heavy atom. The smallest absolute Gasteiger partial charge is 0.303 e. The van der Waals surface area contributed by atoms with E-state index in [0.29, 0.717) is 13.0 Å². The number of carbonyl (C=O) groups is 4. The van der Waals surface area contributed by atoms with Gasteiger partial charge in [-0.25, -0.2) is 0 Å². The van der Waals surface area contributed by atoms with Gasteiger partial charge in [0.15, 0.2) is 29.6 Å². The molecule has 0 aromatic heterocycles. The molecule has 1 aliphatic carbocycles. The van der Waals surface area contributed by atoms with Gasteiger partial charge in [-0.3, -0.25) is 19.2 Å². The summed E-state index contributed by atoms with van der Waals surface area (Å²) >= 11 is 0. The molecule has 170 valence electrons. The predicted octanol–water partition coefficient (Wildman–Crippen LogP) is -0.160. The largest absolute Gasteiger partial charge is 0.463 e. The number of esters is 3. The molecule has 1 amide bonds. The van der Waals surface area contributed by atoms with Crippen LogP contribution in [0.3, 0.4) is 0 Å². The first-order valence-electron chi connectivity index (χ1n) is 9.65. The van der Waals surface area contributed by atoms with E-state index in [2.05, 4.69) is 5.32 Å². The maximum absolute atomic E-state index is 12.0. The predicted molar refractivity (Wildman–Crippen MR) is 99.0 cm³/mol. The van der Waals surface area contributed by atoms with Gasteiger partial charge < -0.3 is 33.7 Å². The summed E-state index contributed by atoms with van der Waals surface area (Å²) in [6.07, 6.45) is -1.78. The van der Waals surface area contributed by atoms with Crippen LogP contribution in [0.5, 0.6) is 0 Å². The van der Waals surface area contributed by atoms with E-state index in [1.807, 2.05) is 0 Å². The molecule has 1 heterocycles. The van der Waals surface area contributed by atoms with Gasteiger partial charge in [0.2, 0.25) is 5.91 Å². The summed E-state index contributed by atoms with van der Waals surface area (Å²) in [6, 6.07) is 0. The molecule has 5 atom stereocenters. The van der Waals surface area contributed by atoms with Gasteiger partial charge in [0.05, 0.1) is 0 Å². The third-order valence-corrected chi connectivity index (χ3v) is 5.04. The Bertz CT molecular complexity index is 682. The number of unbranched alkanes of at least 4 members (excludes halogenated alkanes) is 1. The topological polar surface area (TPSA) is 136 Å². The van der Waals surface area contributed by atoms with Gasteiger partial charge in [-0.2, -0.15) is 0 Å². The highest BCUT2D eigenvalue weighted by Gasteiger charge is 2.89. The lowest BCUT2D eigenvalue weighted by Crippen LogP contribution is -3.00. The van der Waals surface area contributed by atoms with E-state index in [0.717, 1.165) is 6.42 Å². The third kappa shape index (κ3) is 4.42.